The molecule has 0 atom stereocenters. The molecule has 2 aromatic rings. The molecule has 0 amide bonds. The molecule has 0 radical (unpaired) electrons. The largest absolute Gasteiger partial charge is 0.354 e. The first-order valence-electron chi connectivity index (χ1n) is 7.57. The van der Waals surface area contributed by atoms with Gasteiger partial charge in [0.2, 0.25) is 0 Å². The summed E-state index contributed by atoms with van der Waals surface area (Å²) in [7, 11) is 0. The fourth-order valence-electron chi connectivity index (χ4n) is 2.68. The van der Waals surface area contributed by atoms with E-state index in [2.05, 4.69) is 38.0 Å². The van der Waals surface area contributed by atoms with Crippen LogP contribution < -0.4 is 4.90 Å². The van der Waals surface area contributed by atoms with Crippen LogP contribution >= 0.6 is 0 Å². The number of hydrogen-bond acceptors (Lipinski definition) is 5. The molecule has 1 fully saturated rings. The van der Waals surface area contributed by atoms with Crippen LogP contribution in [0.25, 0.3) is 0 Å². The van der Waals surface area contributed by atoms with Gasteiger partial charge in [-0.3, -0.25) is 9.88 Å². The molecule has 0 aromatic carbocycles. The number of pyridine rings is 2. The molecule has 5 nitrogen and oxygen atoms in total. The summed E-state index contributed by atoms with van der Waals surface area (Å²) in [4.78, 5) is 13.2. The monoisotopic (exact) mass is 293 g/mol. The lowest BCUT2D eigenvalue weighted by molar-refractivity contribution is 0.260. The maximum atomic E-state index is 8.81. The minimum Gasteiger partial charge on any atom is -0.354 e. The van der Waals surface area contributed by atoms with E-state index in [-0.39, 0.29) is 0 Å². The highest BCUT2D eigenvalue weighted by Crippen LogP contribution is 2.14. The van der Waals surface area contributed by atoms with Crippen LogP contribution in [0.3, 0.4) is 0 Å². The maximum absolute atomic E-state index is 8.81. The summed E-state index contributed by atoms with van der Waals surface area (Å²) in [6, 6.07) is 10.0. The summed E-state index contributed by atoms with van der Waals surface area (Å²) in [6.07, 6.45) is 6.41. The summed E-state index contributed by atoms with van der Waals surface area (Å²) in [5, 5.41) is 8.81. The maximum Gasteiger partial charge on any atom is 0.128 e. The van der Waals surface area contributed by atoms with Gasteiger partial charge in [-0.25, -0.2) is 4.98 Å². The van der Waals surface area contributed by atoms with Crippen LogP contribution in [0.4, 0.5) is 5.82 Å². The Labute approximate surface area is 130 Å². The van der Waals surface area contributed by atoms with Crippen LogP contribution in [0.2, 0.25) is 0 Å². The van der Waals surface area contributed by atoms with Crippen LogP contribution in [0, 0.1) is 11.3 Å². The predicted octanol–water partition coefficient (Wildman–Crippen LogP) is 1.71. The summed E-state index contributed by atoms with van der Waals surface area (Å²) in [5.41, 5.74) is 1.95. The number of anilines is 1. The van der Waals surface area contributed by atoms with E-state index in [0.717, 1.165) is 45.0 Å². The first kappa shape index (κ1) is 14.5. The lowest BCUT2D eigenvalue weighted by Crippen LogP contribution is -2.47. The third-order valence-electron chi connectivity index (χ3n) is 4.04. The standard InChI is InChI=1S/C17H19N5/c18-13-16-1-2-17(20-14-16)22-11-9-21(10-12-22)8-5-15-3-6-19-7-4-15/h1-4,6-7,14H,5,8-12H2. The van der Waals surface area contributed by atoms with Crippen LogP contribution in [-0.4, -0.2) is 47.6 Å². The zero-order chi connectivity index (χ0) is 15.2. The summed E-state index contributed by atoms with van der Waals surface area (Å²) in [6.45, 7) is 5.14. The molecule has 3 heterocycles. The Morgan fingerprint density at radius 1 is 1.05 bits per heavy atom. The normalized spacial score (nSPS) is 15.5. The van der Waals surface area contributed by atoms with Gasteiger partial charge < -0.3 is 4.90 Å². The highest BCUT2D eigenvalue weighted by molar-refractivity contribution is 5.42. The fourth-order valence-corrected chi connectivity index (χ4v) is 2.68. The highest BCUT2D eigenvalue weighted by Gasteiger charge is 2.17. The second-order valence-electron chi connectivity index (χ2n) is 5.45. The van der Waals surface area contributed by atoms with Crippen LogP contribution in [-0.2, 0) is 6.42 Å². The van der Waals surface area contributed by atoms with Crippen molar-refractivity contribution in [3.05, 3.63) is 54.0 Å². The molecule has 112 valence electrons. The van der Waals surface area contributed by atoms with E-state index in [1.54, 1.807) is 6.20 Å². The van der Waals surface area contributed by atoms with Gasteiger partial charge in [0.15, 0.2) is 0 Å². The van der Waals surface area contributed by atoms with Crippen LogP contribution in [0.5, 0.6) is 0 Å². The number of rotatable bonds is 4. The smallest absolute Gasteiger partial charge is 0.128 e. The van der Waals surface area contributed by atoms with Gasteiger partial charge in [0.25, 0.3) is 0 Å². The third-order valence-corrected chi connectivity index (χ3v) is 4.04. The summed E-state index contributed by atoms with van der Waals surface area (Å²) < 4.78 is 0. The van der Waals surface area contributed by atoms with Crippen LogP contribution in [0.15, 0.2) is 42.9 Å². The van der Waals surface area contributed by atoms with Crippen molar-refractivity contribution in [2.45, 2.75) is 6.42 Å². The van der Waals surface area contributed by atoms with Crippen molar-refractivity contribution in [1.29, 1.82) is 5.26 Å². The van der Waals surface area contributed by atoms with Crippen LogP contribution in [0.1, 0.15) is 11.1 Å². The minimum absolute atomic E-state index is 0.611. The zero-order valence-corrected chi connectivity index (χ0v) is 12.5. The topological polar surface area (TPSA) is 56.1 Å². The van der Waals surface area contributed by atoms with Gasteiger partial charge >= 0.3 is 0 Å². The van der Waals surface area contributed by atoms with Gasteiger partial charge in [-0.15, -0.1) is 0 Å². The average Bonchev–Trinajstić information content (AvgIpc) is 2.61. The van der Waals surface area contributed by atoms with Crippen molar-refractivity contribution in [3.8, 4) is 6.07 Å². The average molecular weight is 293 g/mol. The molecule has 22 heavy (non-hydrogen) atoms. The number of piperazine rings is 1. The summed E-state index contributed by atoms with van der Waals surface area (Å²) >= 11 is 0. The number of nitrogens with zero attached hydrogens (tertiary/aromatic N) is 5. The molecule has 0 spiro atoms. The Balaban J connectivity index is 1.48. The van der Waals surface area contributed by atoms with Crippen molar-refractivity contribution in [2.24, 2.45) is 0 Å². The molecular formula is C17H19N5. The van der Waals surface area contributed by atoms with Gasteiger partial charge in [0, 0.05) is 51.3 Å². The zero-order valence-electron chi connectivity index (χ0n) is 12.5. The SMILES string of the molecule is N#Cc1ccc(N2CCN(CCc3ccncc3)CC2)nc1. The molecule has 0 unspecified atom stereocenters. The Morgan fingerprint density at radius 3 is 2.45 bits per heavy atom. The van der Waals surface area contributed by atoms with Crippen molar-refractivity contribution in [1.82, 2.24) is 14.9 Å². The van der Waals surface area contributed by atoms with Gasteiger partial charge in [0.1, 0.15) is 11.9 Å². The fraction of sp³-hybridized carbons (Fsp3) is 0.353. The van der Waals surface area contributed by atoms with Gasteiger partial charge in [-0.05, 0) is 36.2 Å². The second kappa shape index (κ2) is 7.01. The van der Waals surface area contributed by atoms with E-state index in [4.69, 9.17) is 5.26 Å². The number of hydrogen-bond donors (Lipinski definition) is 0. The quantitative estimate of drug-likeness (QED) is 0.859. The first-order valence-corrected chi connectivity index (χ1v) is 7.57. The molecule has 1 aliphatic heterocycles. The summed E-state index contributed by atoms with van der Waals surface area (Å²) in [5.74, 6) is 0.966. The van der Waals surface area contributed by atoms with E-state index in [0.29, 0.717) is 5.56 Å². The number of nitriles is 1. The van der Waals surface area contributed by atoms with Crippen molar-refractivity contribution >= 4 is 5.82 Å². The highest BCUT2D eigenvalue weighted by atomic mass is 15.3. The minimum atomic E-state index is 0.611. The van der Waals surface area contributed by atoms with Gasteiger partial charge in [0.05, 0.1) is 5.56 Å². The second-order valence-corrected chi connectivity index (χ2v) is 5.45. The lowest BCUT2D eigenvalue weighted by atomic mass is 10.2. The van der Waals surface area contributed by atoms with E-state index >= 15 is 0 Å². The molecular weight excluding hydrogens is 274 g/mol. The Kier molecular flexibility index (Phi) is 4.62. The van der Waals surface area contributed by atoms with Crippen molar-refractivity contribution in [3.63, 3.8) is 0 Å². The molecule has 5 heteroatoms. The van der Waals surface area contributed by atoms with Gasteiger partial charge in [-0.2, -0.15) is 5.26 Å². The molecule has 0 saturated carbocycles. The van der Waals surface area contributed by atoms with E-state index < -0.39 is 0 Å². The molecule has 2 aromatic heterocycles. The third kappa shape index (κ3) is 3.60. The van der Waals surface area contributed by atoms with Crippen molar-refractivity contribution < 1.29 is 0 Å². The van der Waals surface area contributed by atoms with E-state index in [1.807, 2.05) is 24.5 Å². The van der Waals surface area contributed by atoms with E-state index in [1.165, 1.54) is 5.56 Å². The van der Waals surface area contributed by atoms with E-state index in [9.17, 15) is 0 Å². The van der Waals surface area contributed by atoms with Gasteiger partial charge in [-0.1, -0.05) is 0 Å². The van der Waals surface area contributed by atoms with Crippen molar-refractivity contribution in [2.75, 3.05) is 37.6 Å². The molecule has 1 aliphatic rings. The molecule has 0 bridgehead atoms. The Hall–Kier alpha value is -2.45. The molecule has 0 aliphatic carbocycles. The Bertz CT molecular complexity index is 624. The molecule has 3 rings (SSSR count). The number of aromatic nitrogens is 2. The first-order chi connectivity index (χ1) is 10.8. The molecule has 0 N–H and O–H groups in total. The molecule has 1 saturated heterocycles. The lowest BCUT2D eigenvalue weighted by Gasteiger charge is -2.35. The Morgan fingerprint density at radius 2 is 1.82 bits per heavy atom. The predicted molar refractivity (Wildman–Crippen MR) is 85.5 cm³/mol.